The molecule has 9 heteroatoms. The summed E-state index contributed by atoms with van der Waals surface area (Å²) in [5.74, 6) is -2.13. The van der Waals surface area contributed by atoms with Gasteiger partial charge in [0, 0.05) is 12.5 Å². The van der Waals surface area contributed by atoms with Crippen molar-refractivity contribution in [3.05, 3.63) is 60.1 Å². The number of urea groups is 1. The Kier molecular flexibility index (Phi) is 8.61. The van der Waals surface area contributed by atoms with Crippen LogP contribution in [0.1, 0.15) is 36.4 Å². The summed E-state index contributed by atoms with van der Waals surface area (Å²) in [4.78, 5) is 48.3. The second-order valence-electron chi connectivity index (χ2n) is 6.63. The number of imide groups is 1. The third-order valence-corrected chi connectivity index (χ3v) is 4.21. The van der Waals surface area contributed by atoms with Gasteiger partial charge >= 0.3 is 12.0 Å². The van der Waals surface area contributed by atoms with Gasteiger partial charge in [-0.3, -0.25) is 14.9 Å². The van der Waals surface area contributed by atoms with Crippen LogP contribution in [0, 0.1) is 0 Å². The Bertz CT molecular complexity index is 851. The highest BCUT2D eigenvalue weighted by molar-refractivity contribution is 5.97. The fraction of sp³-hybridized carbons (Fsp3) is 0.333. The number of hydrogen-bond donors (Lipinski definition) is 3. The van der Waals surface area contributed by atoms with E-state index in [0.29, 0.717) is 6.42 Å². The van der Waals surface area contributed by atoms with Crippen molar-refractivity contribution in [1.29, 1.82) is 0 Å². The lowest BCUT2D eigenvalue weighted by molar-refractivity contribution is -0.150. The molecule has 2 aromatic rings. The second-order valence-corrected chi connectivity index (χ2v) is 6.63. The number of amides is 4. The normalized spacial score (nSPS) is 12.3. The molecule has 30 heavy (non-hydrogen) atoms. The molecule has 2 rings (SSSR count). The average molecular weight is 415 g/mol. The van der Waals surface area contributed by atoms with Gasteiger partial charge in [-0.2, -0.15) is 0 Å². The first-order valence-corrected chi connectivity index (χ1v) is 9.54. The molecule has 0 aliphatic carbocycles. The molecule has 0 saturated carbocycles. The minimum atomic E-state index is -1.05. The average Bonchev–Trinajstić information content (AvgIpc) is 3.27. The van der Waals surface area contributed by atoms with Crippen LogP contribution in [0.5, 0.6) is 0 Å². The topological polar surface area (TPSA) is 127 Å². The summed E-state index contributed by atoms with van der Waals surface area (Å²) in [5, 5.41) is 7.20. The van der Waals surface area contributed by atoms with Crippen molar-refractivity contribution < 1.29 is 28.3 Å². The molecule has 0 aliphatic rings. The first-order chi connectivity index (χ1) is 14.4. The Morgan fingerprint density at radius 2 is 1.77 bits per heavy atom. The molecule has 3 N–H and O–H groups in total. The molecular weight excluding hydrogens is 390 g/mol. The van der Waals surface area contributed by atoms with Crippen molar-refractivity contribution in [2.75, 3.05) is 6.61 Å². The maximum Gasteiger partial charge on any atom is 0.329 e. The lowest BCUT2D eigenvalue weighted by atomic mass is 10.1. The summed E-state index contributed by atoms with van der Waals surface area (Å²) in [6.45, 7) is 3.02. The van der Waals surface area contributed by atoms with E-state index in [9.17, 15) is 19.2 Å². The zero-order valence-corrected chi connectivity index (χ0v) is 16.8. The van der Waals surface area contributed by atoms with E-state index in [4.69, 9.17) is 9.15 Å². The summed E-state index contributed by atoms with van der Waals surface area (Å²) < 4.78 is 10.0. The molecule has 0 bridgehead atoms. The van der Waals surface area contributed by atoms with Crippen LogP contribution in [0.25, 0.3) is 0 Å². The minimum Gasteiger partial charge on any atom is -0.459 e. The lowest BCUT2D eigenvalue weighted by Crippen LogP contribution is -2.46. The monoisotopic (exact) mass is 415 g/mol. The van der Waals surface area contributed by atoms with Crippen molar-refractivity contribution in [2.24, 2.45) is 0 Å². The molecule has 0 radical (unpaired) electrons. The van der Waals surface area contributed by atoms with E-state index < -0.39 is 36.5 Å². The van der Waals surface area contributed by atoms with Gasteiger partial charge in [0.15, 0.2) is 12.4 Å². The predicted molar refractivity (Wildman–Crippen MR) is 107 cm³/mol. The lowest BCUT2D eigenvalue weighted by Gasteiger charge is -2.17. The molecule has 0 spiro atoms. The molecule has 1 aromatic heterocycles. The molecule has 9 nitrogen and oxygen atoms in total. The number of furan rings is 1. The Morgan fingerprint density at radius 1 is 1.03 bits per heavy atom. The van der Waals surface area contributed by atoms with Crippen LogP contribution in [0.3, 0.4) is 0 Å². The van der Waals surface area contributed by atoms with Gasteiger partial charge < -0.3 is 19.8 Å². The summed E-state index contributed by atoms with van der Waals surface area (Å²) in [6, 6.07) is 10.2. The van der Waals surface area contributed by atoms with E-state index in [1.807, 2.05) is 13.0 Å². The largest absolute Gasteiger partial charge is 0.459 e. The van der Waals surface area contributed by atoms with Crippen LogP contribution in [-0.4, -0.2) is 42.5 Å². The van der Waals surface area contributed by atoms with E-state index in [1.54, 1.807) is 37.3 Å². The number of benzene rings is 1. The third-order valence-electron chi connectivity index (χ3n) is 4.21. The summed E-state index contributed by atoms with van der Waals surface area (Å²) >= 11 is 0. The van der Waals surface area contributed by atoms with Crippen LogP contribution in [-0.2, 0) is 20.7 Å². The third kappa shape index (κ3) is 7.42. The summed E-state index contributed by atoms with van der Waals surface area (Å²) in [7, 11) is 0. The minimum absolute atomic E-state index is 0.0420. The fourth-order valence-corrected chi connectivity index (χ4v) is 2.44. The molecule has 0 saturated heterocycles. The van der Waals surface area contributed by atoms with Crippen LogP contribution in [0.2, 0.25) is 0 Å². The number of nitrogens with one attached hydrogen (secondary N) is 3. The molecule has 1 aromatic carbocycles. The van der Waals surface area contributed by atoms with Crippen molar-refractivity contribution in [3.8, 4) is 0 Å². The Morgan fingerprint density at radius 3 is 2.40 bits per heavy atom. The van der Waals surface area contributed by atoms with Crippen molar-refractivity contribution >= 4 is 23.8 Å². The number of esters is 1. The number of hydrogen-bond acceptors (Lipinski definition) is 6. The van der Waals surface area contributed by atoms with Gasteiger partial charge in [0.25, 0.3) is 11.8 Å². The van der Waals surface area contributed by atoms with Crippen LogP contribution < -0.4 is 16.0 Å². The molecule has 0 fully saturated rings. The molecule has 0 aliphatic heterocycles. The van der Waals surface area contributed by atoms with Gasteiger partial charge in [0.1, 0.15) is 6.04 Å². The highest BCUT2D eigenvalue weighted by Crippen LogP contribution is 2.07. The summed E-state index contributed by atoms with van der Waals surface area (Å²) in [6.07, 6.45) is 2.20. The Balaban J connectivity index is 1.95. The first-order valence-electron chi connectivity index (χ1n) is 9.54. The Labute approximate surface area is 174 Å². The number of rotatable bonds is 9. The maximum atomic E-state index is 12.5. The number of carbonyl (C=O) groups is 4. The van der Waals surface area contributed by atoms with Gasteiger partial charge in [0.2, 0.25) is 0 Å². The number of ether oxygens (including phenoxy) is 1. The maximum absolute atomic E-state index is 12.5. The number of carbonyl (C=O) groups excluding carboxylic acids is 4. The van der Waals surface area contributed by atoms with E-state index in [0.717, 1.165) is 5.56 Å². The van der Waals surface area contributed by atoms with Crippen LogP contribution in [0.4, 0.5) is 4.79 Å². The van der Waals surface area contributed by atoms with Crippen LogP contribution >= 0.6 is 0 Å². The van der Waals surface area contributed by atoms with Crippen molar-refractivity contribution in [1.82, 2.24) is 16.0 Å². The second kappa shape index (κ2) is 11.4. The molecule has 1 heterocycles. The molecule has 4 amide bonds. The smallest absolute Gasteiger partial charge is 0.329 e. The zero-order valence-electron chi connectivity index (χ0n) is 16.8. The van der Waals surface area contributed by atoms with E-state index in [2.05, 4.69) is 16.0 Å². The fourth-order valence-electron chi connectivity index (χ4n) is 2.44. The van der Waals surface area contributed by atoms with Crippen LogP contribution in [0.15, 0.2) is 53.1 Å². The van der Waals surface area contributed by atoms with E-state index in [-0.39, 0.29) is 18.2 Å². The summed E-state index contributed by atoms with van der Waals surface area (Å²) in [5.41, 5.74) is 0.788. The molecule has 2 atom stereocenters. The quantitative estimate of drug-likeness (QED) is 0.536. The molecule has 160 valence electrons. The standard InChI is InChI=1S/C21H25N3O6/c1-3-14(2)22-21(28)24-18(25)13-30-20(27)16(12-15-8-5-4-6-9-15)23-19(26)17-10-7-11-29-17/h4-11,14,16H,3,12-13H2,1-2H3,(H,23,26)(H2,22,24,25,28)/t14-,16+/m1/s1. The molecular formula is C21H25N3O6. The van der Waals surface area contributed by atoms with Crippen molar-refractivity contribution in [2.45, 2.75) is 38.8 Å². The van der Waals surface area contributed by atoms with Gasteiger partial charge in [-0.15, -0.1) is 0 Å². The van der Waals surface area contributed by atoms with E-state index in [1.165, 1.54) is 12.3 Å². The molecule has 0 unspecified atom stereocenters. The van der Waals surface area contributed by atoms with Gasteiger partial charge in [-0.05, 0) is 31.0 Å². The predicted octanol–water partition coefficient (Wildman–Crippen LogP) is 1.79. The first kappa shape index (κ1) is 22.7. The highest BCUT2D eigenvalue weighted by Gasteiger charge is 2.25. The van der Waals surface area contributed by atoms with Gasteiger partial charge in [0.05, 0.1) is 6.26 Å². The van der Waals surface area contributed by atoms with Gasteiger partial charge in [-0.1, -0.05) is 37.3 Å². The Hall–Kier alpha value is -3.62. The van der Waals surface area contributed by atoms with Gasteiger partial charge in [-0.25, -0.2) is 9.59 Å². The SMILES string of the molecule is CC[C@@H](C)NC(=O)NC(=O)COC(=O)[C@H](Cc1ccccc1)NC(=O)c1ccco1. The van der Waals surface area contributed by atoms with E-state index >= 15 is 0 Å². The highest BCUT2D eigenvalue weighted by atomic mass is 16.5. The van der Waals surface area contributed by atoms with Crippen molar-refractivity contribution in [3.63, 3.8) is 0 Å². The zero-order chi connectivity index (χ0) is 21.9.